The van der Waals surface area contributed by atoms with Gasteiger partial charge in [-0.25, -0.2) is 0 Å². The van der Waals surface area contributed by atoms with Crippen LogP contribution in [0, 0.1) is 22.7 Å². The predicted molar refractivity (Wildman–Crippen MR) is 153 cm³/mol. The first kappa shape index (κ1) is 28.7. The van der Waals surface area contributed by atoms with Crippen molar-refractivity contribution in [2.24, 2.45) is 22.7 Å². The maximum atomic E-state index is 14.4. The molecule has 2 fully saturated rings. The molecule has 2 saturated carbocycles. The first-order valence-corrected chi connectivity index (χ1v) is 13.5. The van der Waals surface area contributed by atoms with Crippen molar-refractivity contribution >= 4 is 63.8 Å². The van der Waals surface area contributed by atoms with Crippen LogP contribution in [0.4, 0.5) is 0 Å². The van der Waals surface area contributed by atoms with Crippen LogP contribution in [0.1, 0.15) is 34.6 Å². The van der Waals surface area contributed by atoms with Crippen molar-refractivity contribution in [1.29, 1.82) is 0 Å². The van der Waals surface area contributed by atoms with E-state index >= 15 is 0 Å². The highest BCUT2D eigenvalue weighted by molar-refractivity contribution is 6.45. The summed E-state index contributed by atoms with van der Waals surface area (Å²) in [6.45, 7) is 3.52. The van der Waals surface area contributed by atoms with E-state index in [0.717, 1.165) is 0 Å². The minimum absolute atomic E-state index is 0.152. The van der Waals surface area contributed by atoms with Crippen LogP contribution in [-0.2, 0) is 4.79 Å². The molecule has 0 heterocycles. The average Bonchev–Trinajstić information content (AvgIpc) is 3.65. The molecule has 2 aromatic rings. The molecule has 4 unspecified atom stereocenters. The zero-order valence-electron chi connectivity index (χ0n) is 21.9. The Labute approximate surface area is 243 Å². The van der Waals surface area contributed by atoms with Gasteiger partial charge in [-0.1, -0.05) is 58.5 Å². The largest absolute Gasteiger partial charge is 0.383 e. The van der Waals surface area contributed by atoms with E-state index in [4.69, 9.17) is 46.4 Å². The molecule has 0 saturated heterocycles. The number of ketones is 3. The predicted octanol–water partition coefficient (Wildman–Crippen LogP) is 7.10. The van der Waals surface area contributed by atoms with Gasteiger partial charge in [0.05, 0.1) is 42.8 Å². The monoisotopic (exact) mass is 592 g/mol. The third kappa shape index (κ3) is 4.48. The van der Waals surface area contributed by atoms with E-state index in [-0.39, 0.29) is 48.6 Å². The molecule has 4 atom stereocenters. The number of allylic oxidation sites excluding steroid dienone is 2. The van der Waals surface area contributed by atoms with Gasteiger partial charge in [0.1, 0.15) is 0 Å². The fourth-order valence-corrected chi connectivity index (χ4v) is 6.26. The van der Waals surface area contributed by atoms with Gasteiger partial charge in [-0.15, -0.1) is 0 Å². The van der Waals surface area contributed by atoms with Crippen LogP contribution >= 0.6 is 46.4 Å². The number of carbonyl (C=O) groups excluding carboxylic acids is 3. The average molecular weight is 594 g/mol. The maximum Gasteiger partial charge on any atom is 0.172 e. The zero-order chi connectivity index (χ0) is 28.3. The molecule has 5 nitrogen and oxygen atoms in total. The molecule has 2 aliphatic carbocycles. The minimum atomic E-state index is -1.14. The van der Waals surface area contributed by atoms with Crippen molar-refractivity contribution in [2.45, 2.75) is 13.8 Å². The van der Waals surface area contributed by atoms with Gasteiger partial charge in [0, 0.05) is 39.3 Å². The summed E-state index contributed by atoms with van der Waals surface area (Å²) in [5, 5.41) is 0.830. The first-order valence-electron chi connectivity index (χ1n) is 12.0. The number of hydrogen-bond donors (Lipinski definition) is 0. The third-order valence-corrected chi connectivity index (χ3v) is 9.14. The first-order chi connectivity index (χ1) is 17.7. The Morgan fingerprint density at radius 3 is 1.34 bits per heavy atom. The Hall–Kier alpha value is -2.31. The van der Waals surface area contributed by atoms with E-state index in [1.165, 1.54) is 0 Å². The second-order valence-corrected chi connectivity index (χ2v) is 12.2. The lowest BCUT2D eigenvalue weighted by molar-refractivity contribution is -0.128. The smallest absolute Gasteiger partial charge is 0.172 e. The molecule has 0 aromatic heterocycles. The Balaban J connectivity index is 1.78. The van der Waals surface area contributed by atoms with Crippen molar-refractivity contribution in [3.8, 4) is 0 Å². The summed E-state index contributed by atoms with van der Waals surface area (Å²) >= 11 is 25.1. The highest BCUT2D eigenvalue weighted by Crippen LogP contribution is 2.70. The van der Waals surface area contributed by atoms with Crippen molar-refractivity contribution in [3.05, 3.63) is 91.2 Å². The number of carbonyl (C=O) groups is 3. The van der Waals surface area contributed by atoms with Crippen molar-refractivity contribution < 1.29 is 14.4 Å². The lowest BCUT2D eigenvalue weighted by atomic mass is 9.83. The highest BCUT2D eigenvalue weighted by atomic mass is 35.5. The molecule has 0 amide bonds. The molecule has 0 aliphatic heterocycles. The number of hydrogen-bond acceptors (Lipinski definition) is 5. The molecule has 0 N–H and O–H groups in total. The lowest BCUT2D eigenvalue weighted by Gasteiger charge is -2.17. The summed E-state index contributed by atoms with van der Waals surface area (Å²) < 4.78 is 0. The zero-order valence-corrected chi connectivity index (χ0v) is 24.9. The topological polar surface area (TPSA) is 57.7 Å². The molecule has 200 valence electrons. The molecule has 38 heavy (non-hydrogen) atoms. The molecule has 0 bridgehead atoms. The molecule has 0 spiro atoms. The van der Waals surface area contributed by atoms with Gasteiger partial charge in [-0.3, -0.25) is 14.4 Å². The maximum absolute atomic E-state index is 14.4. The van der Waals surface area contributed by atoms with Crippen LogP contribution in [-0.4, -0.2) is 55.3 Å². The van der Waals surface area contributed by atoms with Crippen LogP contribution < -0.4 is 0 Å². The number of Topliss-reactive ketones (excluding diaryl/α,β-unsaturated/α-hetero) is 3. The van der Waals surface area contributed by atoms with Gasteiger partial charge < -0.3 is 9.80 Å². The second-order valence-electron chi connectivity index (χ2n) is 10.6. The number of halogens is 4. The van der Waals surface area contributed by atoms with E-state index in [1.807, 2.05) is 28.2 Å². The third-order valence-electron chi connectivity index (χ3n) is 7.51. The molecule has 9 heteroatoms. The van der Waals surface area contributed by atoms with Crippen molar-refractivity contribution in [1.82, 2.24) is 9.80 Å². The van der Waals surface area contributed by atoms with Crippen molar-refractivity contribution in [3.63, 3.8) is 0 Å². The summed E-state index contributed by atoms with van der Waals surface area (Å²) in [4.78, 5) is 45.5. The second kappa shape index (κ2) is 10.0. The van der Waals surface area contributed by atoms with Crippen LogP contribution in [0.25, 0.3) is 0 Å². The Bertz CT molecular complexity index is 1330. The van der Waals surface area contributed by atoms with E-state index < -0.39 is 22.7 Å². The fraction of sp³-hybridized carbons (Fsp3) is 0.345. The van der Waals surface area contributed by atoms with E-state index in [0.29, 0.717) is 11.1 Å². The molecule has 2 aliphatic rings. The normalized spacial score (nSPS) is 27.8. The molecule has 2 aromatic carbocycles. The standard InChI is InChI=1S/C29H28Cl4N2O3/c1-28(17(13-34(3)4)21(28)25(36)15-9-7-11-19(30)23(15)32)27(38)29(2)18(14-35(5)6)22(29)26(37)16-10-8-12-20(31)24(16)33/h7-14,21-22H,1-6H3. The van der Waals surface area contributed by atoms with Gasteiger partial charge in [0.2, 0.25) is 0 Å². The van der Waals surface area contributed by atoms with Crippen molar-refractivity contribution in [2.75, 3.05) is 28.2 Å². The summed E-state index contributed by atoms with van der Waals surface area (Å²) in [7, 11) is 7.31. The van der Waals surface area contributed by atoms with Gasteiger partial charge >= 0.3 is 0 Å². The van der Waals surface area contributed by atoms with E-state index in [9.17, 15) is 14.4 Å². The van der Waals surface area contributed by atoms with E-state index in [1.54, 1.807) is 72.4 Å². The lowest BCUT2D eigenvalue weighted by Crippen LogP contribution is -2.29. The van der Waals surface area contributed by atoms with Gasteiger partial charge in [0.15, 0.2) is 17.3 Å². The van der Waals surface area contributed by atoms with E-state index in [2.05, 4.69) is 0 Å². The summed E-state index contributed by atoms with van der Waals surface area (Å²) in [6, 6.07) is 9.74. The van der Waals surface area contributed by atoms with Crippen LogP contribution in [0.15, 0.2) is 59.9 Å². The molecular weight excluding hydrogens is 566 g/mol. The molecule has 0 radical (unpaired) electrons. The summed E-state index contributed by atoms with van der Waals surface area (Å²) in [5.74, 6) is -2.26. The molecular formula is C29H28Cl4N2O3. The van der Waals surface area contributed by atoms with Gasteiger partial charge in [0.25, 0.3) is 0 Å². The summed E-state index contributed by atoms with van der Waals surface area (Å²) in [5.41, 5.74) is -0.432. The van der Waals surface area contributed by atoms with Gasteiger partial charge in [-0.05, 0) is 61.7 Å². The van der Waals surface area contributed by atoms with Gasteiger partial charge in [-0.2, -0.15) is 0 Å². The van der Waals surface area contributed by atoms with Crippen LogP contribution in [0.2, 0.25) is 20.1 Å². The Morgan fingerprint density at radius 1 is 0.684 bits per heavy atom. The Kier molecular flexibility index (Phi) is 7.56. The fourth-order valence-electron chi connectivity index (χ4n) is 5.48. The SMILES string of the molecule is CN(C)C=C1C(C(=O)c2cccc(Cl)c2Cl)C1(C)C(=O)C1(C)C(=CN(C)C)C1C(=O)c1cccc(Cl)c1Cl. The Morgan fingerprint density at radius 2 is 1.03 bits per heavy atom. The minimum Gasteiger partial charge on any atom is -0.383 e. The van der Waals surface area contributed by atoms with Crippen LogP contribution in [0.3, 0.4) is 0 Å². The quantitative estimate of drug-likeness (QED) is 0.306. The number of nitrogens with zero attached hydrogens (tertiary/aromatic N) is 2. The number of rotatable bonds is 8. The molecule has 4 rings (SSSR count). The number of benzene rings is 2. The highest BCUT2D eigenvalue weighted by Gasteiger charge is 2.75. The summed E-state index contributed by atoms with van der Waals surface area (Å²) in [6.07, 6.45) is 3.59. The van der Waals surface area contributed by atoms with Crippen LogP contribution in [0.5, 0.6) is 0 Å².